The van der Waals surface area contributed by atoms with Crippen LogP contribution in [0.1, 0.15) is 23.1 Å². The molecule has 0 bridgehead atoms. The number of nitrogens with zero attached hydrogens (tertiary/aromatic N) is 1. The first-order valence-corrected chi connectivity index (χ1v) is 13.2. The third-order valence-corrected chi connectivity index (χ3v) is 7.56. The summed E-state index contributed by atoms with van der Waals surface area (Å²) in [6, 6.07) is 30.6. The van der Waals surface area contributed by atoms with Crippen molar-refractivity contribution < 1.29 is 19.3 Å². The van der Waals surface area contributed by atoms with E-state index in [2.05, 4.69) is 47.9 Å². The quantitative estimate of drug-likeness (QED) is 0.377. The summed E-state index contributed by atoms with van der Waals surface area (Å²) in [5.74, 6) is -0.126. The van der Waals surface area contributed by atoms with Crippen LogP contribution in [0.15, 0.2) is 104 Å². The van der Waals surface area contributed by atoms with E-state index in [1.54, 1.807) is 0 Å². The van der Waals surface area contributed by atoms with E-state index in [0.29, 0.717) is 26.2 Å². The van der Waals surface area contributed by atoms with Crippen molar-refractivity contribution in [3.05, 3.63) is 120 Å². The first-order chi connectivity index (χ1) is 18.2. The molecule has 0 radical (unpaired) electrons. The van der Waals surface area contributed by atoms with E-state index in [1.165, 1.54) is 0 Å². The Balaban J connectivity index is 1.45. The maximum absolute atomic E-state index is 11.3. The zero-order valence-electron chi connectivity index (χ0n) is 21.3. The number of hydrogen-bond acceptors (Lipinski definition) is 5. The molecule has 1 aliphatic carbocycles. The molecule has 6 atom stereocenters. The molecule has 3 aromatic carbocycles. The lowest BCUT2D eigenvalue weighted by atomic mass is 9.87. The van der Waals surface area contributed by atoms with Gasteiger partial charge in [0.2, 0.25) is 0 Å². The molecule has 3 aromatic rings. The van der Waals surface area contributed by atoms with Gasteiger partial charge in [0.05, 0.1) is 32.0 Å². The highest BCUT2D eigenvalue weighted by Gasteiger charge is 2.58. The molecular formula is C32H37NO4. The largest absolute Gasteiger partial charge is 0.393 e. The first kappa shape index (κ1) is 25.8. The smallest absolute Gasteiger partial charge is 0.112 e. The second-order valence-corrected chi connectivity index (χ2v) is 9.99. The van der Waals surface area contributed by atoms with Gasteiger partial charge < -0.3 is 19.3 Å². The van der Waals surface area contributed by atoms with Crippen molar-refractivity contribution in [3.63, 3.8) is 0 Å². The Hall–Kier alpha value is -2.80. The van der Waals surface area contributed by atoms with E-state index in [9.17, 15) is 5.11 Å². The molecule has 5 rings (SSSR count). The van der Waals surface area contributed by atoms with Crippen molar-refractivity contribution in [1.82, 2.24) is 4.90 Å². The van der Waals surface area contributed by atoms with Crippen LogP contribution >= 0.6 is 0 Å². The van der Waals surface area contributed by atoms with Crippen LogP contribution in [0.25, 0.3) is 0 Å². The molecule has 0 aromatic heterocycles. The van der Waals surface area contributed by atoms with Crippen molar-refractivity contribution in [3.8, 4) is 0 Å². The predicted molar refractivity (Wildman–Crippen MR) is 145 cm³/mol. The molecule has 5 nitrogen and oxygen atoms in total. The van der Waals surface area contributed by atoms with Crippen LogP contribution in [0.5, 0.6) is 0 Å². The molecule has 1 N–H and O–H groups in total. The molecule has 0 spiro atoms. The van der Waals surface area contributed by atoms with Crippen molar-refractivity contribution in [2.24, 2.45) is 5.92 Å². The summed E-state index contributed by atoms with van der Waals surface area (Å²) >= 11 is 0. The maximum atomic E-state index is 11.3. The zero-order chi connectivity index (χ0) is 25.5. The van der Waals surface area contributed by atoms with Crippen LogP contribution in [0.3, 0.4) is 0 Å². The number of aliphatic hydroxyl groups is 1. The Bertz CT molecular complexity index is 1090. The fraction of sp³-hybridized carbons (Fsp3) is 0.375. The molecule has 0 amide bonds. The van der Waals surface area contributed by atoms with Gasteiger partial charge in [-0.25, -0.2) is 0 Å². The van der Waals surface area contributed by atoms with Gasteiger partial charge in [-0.1, -0.05) is 97.1 Å². The van der Waals surface area contributed by atoms with Crippen molar-refractivity contribution in [2.45, 2.75) is 56.7 Å². The number of aliphatic hydroxyl groups excluding tert-OH is 1. The fourth-order valence-electron chi connectivity index (χ4n) is 5.82. The summed E-state index contributed by atoms with van der Waals surface area (Å²) in [5, 5.41) is 11.3. The molecule has 1 heterocycles. The first-order valence-electron chi connectivity index (χ1n) is 13.2. The average Bonchev–Trinajstić information content (AvgIpc) is 3.27. The van der Waals surface area contributed by atoms with Crippen LogP contribution < -0.4 is 0 Å². The highest BCUT2D eigenvalue weighted by atomic mass is 16.6. The van der Waals surface area contributed by atoms with Gasteiger partial charge in [-0.15, -0.1) is 6.58 Å². The summed E-state index contributed by atoms with van der Waals surface area (Å²) in [4.78, 5) is 2.38. The maximum Gasteiger partial charge on any atom is 0.112 e. The summed E-state index contributed by atoms with van der Waals surface area (Å²) in [5.41, 5.74) is 3.31. The fourth-order valence-corrected chi connectivity index (χ4v) is 5.82. The summed E-state index contributed by atoms with van der Waals surface area (Å²) in [6.07, 6.45) is 1.24. The van der Waals surface area contributed by atoms with Gasteiger partial charge in [-0.2, -0.15) is 0 Å². The van der Waals surface area contributed by atoms with Gasteiger partial charge in [-0.3, -0.25) is 4.90 Å². The number of likely N-dealkylation sites (tertiary alicyclic amines) is 1. The Morgan fingerprint density at radius 3 is 1.65 bits per heavy atom. The molecule has 1 saturated heterocycles. The van der Waals surface area contributed by atoms with Crippen LogP contribution in [0.2, 0.25) is 0 Å². The van der Waals surface area contributed by atoms with Crippen molar-refractivity contribution >= 4 is 0 Å². The third-order valence-electron chi connectivity index (χ3n) is 7.56. The Morgan fingerprint density at radius 2 is 1.16 bits per heavy atom. The Labute approximate surface area is 220 Å². The van der Waals surface area contributed by atoms with E-state index in [-0.39, 0.29) is 30.3 Å². The van der Waals surface area contributed by atoms with Crippen LogP contribution in [-0.4, -0.2) is 53.6 Å². The summed E-state index contributed by atoms with van der Waals surface area (Å²) < 4.78 is 19.9. The number of fused-ring (bicyclic) bond motifs is 1. The minimum absolute atomic E-state index is 0.0352. The monoisotopic (exact) mass is 499 g/mol. The van der Waals surface area contributed by atoms with Gasteiger partial charge in [0, 0.05) is 25.0 Å². The average molecular weight is 500 g/mol. The standard InChI is InChI=1S/C32H37NO4/c1-2-19-33-20-18-27(34)28-29(33)31(36-22-25-14-8-4-9-15-25)32(37-23-26-16-10-5-11-17-26)30(28)35-21-24-12-6-3-7-13-24/h2-17,27-32,34H,1,18-23H2. The second-order valence-electron chi connectivity index (χ2n) is 9.99. The van der Waals surface area contributed by atoms with Gasteiger partial charge in [-0.05, 0) is 23.1 Å². The summed E-state index contributed by atoms with van der Waals surface area (Å²) in [7, 11) is 0. The molecule has 6 unspecified atom stereocenters. The topological polar surface area (TPSA) is 51.2 Å². The van der Waals surface area contributed by atoms with Crippen LogP contribution in [0, 0.1) is 5.92 Å². The molecule has 2 fully saturated rings. The van der Waals surface area contributed by atoms with Gasteiger partial charge in [0.25, 0.3) is 0 Å². The zero-order valence-corrected chi connectivity index (χ0v) is 21.3. The number of hydrogen-bond donors (Lipinski definition) is 1. The molecule has 37 heavy (non-hydrogen) atoms. The summed E-state index contributed by atoms with van der Waals surface area (Å²) in [6.45, 7) is 6.90. The minimum atomic E-state index is -0.486. The lowest BCUT2D eigenvalue weighted by Crippen LogP contribution is -2.55. The molecule has 1 aliphatic heterocycles. The van der Waals surface area contributed by atoms with Crippen molar-refractivity contribution in [1.29, 1.82) is 0 Å². The second kappa shape index (κ2) is 12.6. The molecule has 194 valence electrons. The van der Waals surface area contributed by atoms with Gasteiger partial charge in [0.1, 0.15) is 12.2 Å². The lowest BCUT2D eigenvalue weighted by molar-refractivity contribution is -0.132. The lowest BCUT2D eigenvalue weighted by Gasteiger charge is -2.42. The Morgan fingerprint density at radius 1 is 0.703 bits per heavy atom. The highest BCUT2D eigenvalue weighted by Crippen LogP contribution is 2.43. The minimum Gasteiger partial charge on any atom is -0.393 e. The van der Waals surface area contributed by atoms with E-state index >= 15 is 0 Å². The number of benzene rings is 3. The van der Waals surface area contributed by atoms with E-state index in [1.807, 2.05) is 60.7 Å². The number of piperidine rings is 1. The van der Waals surface area contributed by atoms with Gasteiger partial charge >= 0.3 is 0 Å². The van der Waals surface area contributed by atoms with Crippen LogP contribution in [0.4, 0.5) is 0 Å². The van der Waals surface area contributed by atoms with Crippen molar-refractivity contribution in [2.75, 3.05) is 13.1 Å². The van der Waals surface area contributed by atoms with Gasteiger partial charge in [0.15, 0.2) is 0 Å². The molecule has 2 aliphatic rings. The van der Waals surface area contributed by atoms with Crippen LogP contribution in [-0.2, 0) is 34.0 Å². The molecular weight excluding hydrogens is 462 g/mol. The predicted octanol–water partition coefficient (Wildman–Crippen LogP) is 4.99. The molecule has 1 saturated carbocycles. The number of ether oxygens (including phenoxy) is 3. The molecule has 5 heteroatoms. The third kappa shape index (κ3) is 6.20. The Kier molecular flexibility index (Phi) is 8.82. The van der Waals surface area contributed by atoms with E-state index in [4.69, 9.17) is 14.2 Å². The highest BCUT2D eigenvalue weighted by molar-refractivity contribution is 5.17. The van der Waals surface area contributed by atoms with E-state index < -0.39 is 6.10 Å². The normalized spacial score (nSPS) is 27.6. The SMILES string of the molecule is C=CCN1CCC(O)C2C(OCc3ccccc3)C(OCc3ccccc3)C(OCc3ccccc3)C21. The number of rotatable bonds is 11. The van der Waals surface area contributed by atoms with E-state index in [0.717, 1.165) is 29.8 Å².